The summed E-state index contributed by atoms with van der Waals surface area (Å²) in [7, 11) is 0. The standard InChI is InChI=1S/C12H18N4O4/c17-9(5-8-6-20-4-2-13-8)16-3-1-12(7-16)10(18)14-11(19)15-12/h8,13H,1-7H2,(H2,14,15,18,19). The van der Waals surface area contributed by atoms with Gasteiger partial charge in [0.15, 0.2) is 0 Å². The van der Waals surface area contributed by atoms with E-state index in [2.05, 4.69) is 16.0 Å². The second-order valence-corrected chi connectivity index (χ2v) is 5.49. The highest BCUT2D eigenvalue weighted by Gasteiger charge is 2.51. The van der Waals surface area contributed by atoms with Crippen molar-refractivity contribution in [1.82, 2.24) is 20.9 Å². The van der Waals surface area contributed by atoms with Gasteiger partial charge in [-0.2, -0.15) is 0 Å². The lowest BCUT2D eigenvalue weighted by molar-refractivity contribution is -0.132. The van der Waals surface area contributed by atoms with Gasteiger partial charge in [0.05, 0.1) is 19.8 Å². The predicted octanol–water partition coefficient (Wildman–Crippen LogP) is -1.82. The molecule has 3 N–H and O–H groups in total. The summed E-state index contributed by atoms with van der Waals surface area (Å²) in [5, 5.41) is 8.09. The number of nitrogens with one attached hydrogen (secondary N) is 3. The van der Waals surface area contributed by atoms with Crippen molar-refractivity contribution in [2.75, 3.05) is 32.8 Å². The van der Waals surface area contributed by atoms with Crippen LogP contribution in [0.25, 0.3) is 0 Å². The first-order chi connectivity index (χ1) is 9.59. The van der Waals surface area contributed by atoms with Gasteiger partial charge < -0.3 is 20.3 Å². The van der Waals surface area contributed by atoms with Crippen molar-refractivity contribution >= 4 is 17.8 Å². The molecule has 4 amide bonds. The molecule has 20 heavy (non-hydrogen) atoms. The Hall–Kier alpha value is -1.67. The monoisotopic (exact) mass is 282 g/mol. The summed E-state index contributed by atoms with van der Waals surface area (Å²) in [6.07, 6.45) is 0.816. The zero-order chi connectivity index (χ0) is 14.2. The van der Waals surface area contributed by atoms with Gasteiger partial charge in [0.1, 0.15) is 5.54 Å². The Bertz CT molecular complexity index is 449. The molecule has 0 aromatic carbocycles. The second-order valence-electron chi connectivity index (χ2n) is 5.49. The number of hydrogen-bond acceptors (Lipinski definition) is 5. The molecule has 0 radical (unpaired) electrons. The Kier molecular flexibility index (Phi) is 3.35. The SMILES string of the molecule is O=C1NC(=O)C2(CCN(C(=O)CC3COCCN3)C2)N1. The zero-order valence-electron chi connectivity index (χ0n) is 11.1. The van der Waals surface area contributed by atoms with Crippen molar-refractivity contribution in [1.29, 1.82) is 0 Å². The maximum atomic E-state index is 12.2. The van der Waals surface area contributed by atoms with Gasteiger partial charge in [0, 0.05) is 25.6 Å². The van der Waals surface area contributed by atoms with Gasteiger partial charge in [-0.3, -0.25) is 14.9 Å². The van der Waals surface area contributed by atoms with Crippen LogP contribution in [-0.2, 0) is 14.3 Å². The maximum Gasteiger partial charge on any atom is 0.322 e. The third-order valence-corrected chi connectivity index (χ3v) is 4.06. The number of urea groups is 1. The summed E-state index contributed by atoms with van der Waals surface area (Å²) in [5.74, 6) is -0.351. The second kappa shape index (κ2) is 5.02. The fourth-order valence-corrected chi connectivity index (χ4v) is 2.93. The van der Waals surface area contributed by atoms with Crippen LogP contribution in [0.3, 0.4) is 0 Å². The molecule has 3 heterocycles. The van der Waals surface area contributed by atoms with E-state index in [0.29, 0.717) is 32.6 Å². The molecule has 1 spiro atoms. The summed E-state index contributed by atoms with van der Waals surface area (Å²) in [6.45, 7) is 2.68. The molecule has 3 rings (SSSR count). The van der Waals surface area contributed by atoms with Crippen molar-refractivity contribution in [3.63, 3.8) is 0 Å². The number of rotatable bonds is 2. The fraction of sp³-hybridized carbons (Fsp3) is 0.750. The van der Waals surface area contributed by atoms with E-state index >= 15 is 0 Å². The molecule has 3 aliphatic heterocycles. The number of imide groups is 1. The Labute approximate surface area is 116 Å². The van der Waals surface area contributed by atoms with Crippen LogP contribution >= 0.6 is 0 Å². The van der Waals surface area contributed by atoms with Crippen LogP contribution in [0.2, 0.25) is 0 Å². The van der Waals surface area contributed by atoms with Gasteiger partial charge in [-0.1, -0.05) is 0 Å². The van der Waals surface area contributed by atoms with Gasteiger partial charge >= 0.3 is 6.03 Å². The summed E-state index contributed by atoms with van der Waals surface area (Å²) in [5.41, 5.74) is -0.927. The topological polar surface area (TPSA) is 99.8 Å². The van der Waals surface area contributed by atoms with Gasteiger partial charge in [-0.15, -0.1) is 0 Å². The quantitative estimate of drug-likeness (QED) is 0.518. The molecular weight excluding hydrogens is 264 g/mol. The molecule has 3 aliphatic rings. The molecule has 0 aliphatic carbocycles. The molecule has 2 unspecified atom stereocenters. The number of ether oxygens (including phenoxy) is 1. The van der Waals surface area contributed by atoms with Crippen LogP contribution in [0, 0.1) is 0 Å². The average molecular weight is 282 g/mol. The van der Waals surface area contributed by atoms with Gasteiger partial charge in [0.25, 0.3) is 5.91 Å². The smallest absolute Gasteiger partial charge is 0.322 e. The van der Waals surface area contributed by atoms with Crippen LogP contribution in [0.4, 0.5) is 4.79 Å². The molecule has 0 aromatic rings. The molecule has 2 atom stereocenters. The molecule has 110 valence electrons. The highest BCUT2D eigenvalue weighted by Crippen LogP contribution is 2.25. The summed E-state index contributed by atoms with van der Waals surface area (Å²) >= 11 is 0. The fourth-order valence-electron chi connectivity index (χ4n) is 2.93. The van der Waals surface area contributed by atoms with Crippen LogP contribution < -0.4 is 16.0 Å². The van der Waals surface area contributed by atoms with E-state index in [9.17, 15) is 14.4 Å². The first kappa shape index (κ1) is 13.3. The minimum Gasteiger partial charge on any atom is -0.378 e. The highest BCUT2D eigenvalue weighted by atomic mass is 16.5. The van der Waals surface area contributed by atoms with Crippen LogP contribution in [-0.4, -0.2) is 67.2 Å². The molecule has 3 saturated heterocycles. The third-order valence-electron chi connectivity index (χ3n) is 4.06. The number of morpholine rings is 1. The number of amides is 4. The van der Waals surface area contributed by atoms with Crippen LogP contribution in [0.5, 0.6) is 0 Å². The molecule has 0 bridgehead atoms. The van der Waals surface area contributed by atoms with Crippen LogP contribution in [0.15, 0.2) is 0 Å². The Morgan fingerprint density at radius 1 is 1.45 bits per heavy atom. The molecule has 0 saturated carbocycles. The van der Waals surface area contributed by atoms with Gasteiger partial charge in [-0.25, -0.2) is 4.79 Å². The number of carbonyl (C=O) groups excluding carboxylic acids is 3. The van der Waals surface area contributed by atoms with E-state index in [-0.39, 0.29) is 24.4 Å². The van der Waals surface area contributed by atoms with Crippen molar-refractivity contribution in [2.45, 2.75) is 24.4 Å². The van der Waals surface area contributed by atoms with E-state index < -0.39 is 11.6 Å². The molecule has 8 heteroatoms. The average Bonchev–Trinajstić information content (AvgIpc) is 2.96. The largest absolute Gasteiger partial charge is 0.378 e. The number of hydrogen-bond donors (Lipinski definition) is 3. The van der Waals surface area contributed by atoms with Gasteiger partial charge in [-0.05, 0) is 6.42 Å². The number of carbonyl (C=O) groups is 3. The number of nitrogens with zero attached hydrogens (tertiary/aromatic N) is 1. The zero-order valence-corrected chi connectivity index (χ0v) is 11.1. The molecule has 0 aromatic heterocycles. The lowest BCUT2D eigenvalue weighted by Crippen LogP contribution is -2.50. The van der Waals surface area contributed by atoms with E-state index in [4.69, 9.17) is 4.74 Å². The maximum absolute atomic E-state index is 12.2. The Morgan fingerprint density at radius 2 is 2.30 bits per heavy atom. The van der Waals surface area contributed by atoms with Gasteiger partial charge in [0.2, 0.25) is 5.91 Å². The Balaban J connectivity index is 1.58. The third kappa shape index (κ3) is 2.36. The van der Waals surface area contributed by atoms with E-state index in [1.54, 1.807) is 4.90 Å². The predicted molar refractivity (Wildman–Crippen MR) is 67.8 cm³/mol. The lowest BCUT2D eigenvalue weighted by Gasteiger charge is -2.26. The van der Waals surface area contributed by atoms with Crippen molar-refractivity contribution in [3.8, 4) is 0 Å². The highest BCUT2D eigenvalue weighted by molar-refractivity contribution is 6.07. The minimum absolute atomic E-state index is 0.0150. The first-order valence-electron chi connectivity index (χ1n) is 6.82. The van der Waals surface area contributed by atoms with E-state index in [1.807, 2.05) is 0 Å². The molecular formula is C12H18N4O4. The van der Waals surface area contributed by atoms with E-state index in [1.165, 1.54) is 0 Å². The first-order valence-corrected chi connectivity index (χ1v) is 6.82. The van der Waals surface area contributed by atoms with Crippen molar-refractivity contribution in [3.05, 3.63) is 0 Å². The molecule has 8 nitrogen and oxygen atoms in total. The van der Waals surface area contributed by atoms with Crippen molar-refractivity contribution < 1.29 is 19.1 Å². The Morgan fingerprint density at radius 3 is 2.95 bits per heavy atom. The number of likely N-dealkylation sites (tertiary alicyclic amines) is 1. The normalized spacial score (nSPS) is 33.4. The summed E-state index contributed by atoms with van der Waals surface area (Å²) in [6, 6.07) is -0.452. The van der Waals surface area contributed by atoms with E-state index in [0.717, 1.165) is 6.54 Å². The minimum atomic E-state index is -0.927. The molecule has 3 fully saturated rings. The summed E-state index contributed by atoms with van der Waals surface area (Å²) < 4.78 is 5.32. The van der Waals surface area contributed by atoms with Crippen LogP contribution in [0.1, 0.15) is 12.8 Å². The summed E-state index contributed by atoms with van der Waals surface area (Å²) in [4.78, 5) is 36.9. The van der Waals surface area contributed by atoms with Crippen molar-refractivity contribution in [2.24, 2.45) is 0 Å². The lowest BCUT2D eigenvalue weighted by atomic mass is 9.99.